The Morgan fingerprint density at radius 3 is 2.39 bits per heavy atom. The number of para-hydroxylation sites is 1. The summed E-state index contributed by atoms with van der Waals surface area (Å²) in [7, 11) is 0. The van der Waals surface area contributed by atoms with Crippen LogP contribution in [0.2, 0.25) is 5.02 Å². The number of carboxylic acid groups (broad SMARTS) is 1. The van der Waals surface area contributed by atoms with E-state index in [4.69, 9.17) is 22.4 Å². The van der Waals surface area contributed by atoms with Crippen LogP contribution in [0.1, 0.15) is 10.4 Å². The van der Waals surface area contributed by atoms with Crippen LogP contribution in [0.15, 0.2) is 77.4 Å². The van der Waals surface area contributed by atoms with Gasteiger partial charge < -0.3 is 10.8 Å². The molecule has 0 unspecified atom stereocenters. The SMILES string of the molecule is N/C(=C\C(=Nc1ccccc1Cl)c1ccc(-c2ccc(CC(=O)O)cc2)s1)C(F)(F)F. The van der Waals surface area contributed by atoms with Gasteiger partial charge in [-0.25, -0.2) is 4.99 Å². The fourth-order valence-electron chi connectivity index (χ4n) is 2.65. The van der Waals surface area contributed by atoms with Crippen molar-refractivity contribution >= 4 is 40.3 Å². The van der Waals surface area contributed by atoms with Crippen LogP contribution in [0.5, 0.6) is 0 Å². The number of hydrogen-bond acceptors (Lipinski definition) is 4. The number of carboxylic acids is 1. The Morgan fingerprint density at radius 1 is 1.10 bits per heavy atom. The predicted octanol–water partition coefficient (Wildman–Crippen LogP) is 6.22. The summed E-state index contributed by atoms with van der Waals surface area (Å²) >= 11 is 7.35. The minimum Gasteiger partial charge on any atom is -0.481 e. The lowest BCUT2D eigenvalue weighted by atomic mass is 10.1. The fourth-order valence-corrected chi connectivity index (χ4v) is 3.80. The molecule has 0 atom stereocenters. The summed E-state index contributed by atoms with van der Waals surface area (Å²) in [6.45, 7) is 0. The molecule has 0 radical (unpaired) electrons. The van der Waals surface area contributed by atoms with Crippen LogP contribution in [0.25, 0.3) is 10.4 Å². The Bertz CT molecular complexity index is 1150. The number of nitrogens with zero attached hydrogens (tertiary/aromatic N) is 1. The van der Waals surface area contributed by atoms with Crippen LogP contribution in [0, 0.1) is 0 Å². The van der Waals surface area contributed by atoms with E-state index in [2.05, 4.69) is 4.99 Å². The Labute approximate surface area is 185 Å². The van der Waals surface area contributed by atoms with Crippen molar-refractivity contribution < 1.29 is 23.1 Å². The zero-order valence-electron chi connectivity index (χ0n) is 15.9. The highest BCUT2D eigenvalue weighted by Gasteiger charge is 2.32. The minimum atomic E-state index is -4.69. The van der Waals surface area contributed by atoms with E-state index in [1.807, 2.05) is 0 Å². The lowest BCUT2D eigenvalue weighted by molar-refractivity contribution is -0.136. The number of aliphatic imine (C=N–C) groups is 1. The lowest BCUT2D eigenvalue weighted by Gasteiger charge is -2.08. The molecule has 0 bridgehead atoms. The first-order chi connectivity index (χ1) is 14.6. The molecule has 4 nitrogen and oxygen atoms in total. The molecule has 3 N–H and O–H groups in total. The van der Waals surface area contributed by atoms with Crippen LogP contribution < -0.4 is 5.73 Å². The monoisotopic (exact) mass is 464 g/mol. The average Bonchev–Trinajstić information content (AvgIpc) is 3.18. The summed E-state index contributed by atoms with van der Waals surface area (Å²) in [5.74, 6) is -0.930. The van der Waals surface area contributed by atoms with Crippen LogP contribution >= 0.6 is 22.9 Å². The topological polar surface area (TPSA) is 75.7 Å². The number of carbonyl (C=O) groups is 1. The van der Waals surface area contributed by atoms with Gasteiger partial charge in [-0.3, -0.25) is 4.79 Å². The number of nitrogens with two attached hydrogens (primary N) is 1. The maximum absolute atomic E-state index is 13.0. The molecule has 2 aromatic carbocycles. The molecule has 0 aliphatic heterocycles. The molecule has 0 saturated carbocycles. The molecule has 1 heterocycles. The van der Waals surface area contributed by atoms with Crippen LogP contribution in [0.4, 0.5) is 18.9 Å². The van der Waals surface area contributed by atoms with Gasteiger partial charge in [0.05, 0.1) is 27.7 Å². The van der Waals surface area contributed by atoms with Crippen molar-refractivity contribution in [2.75, 3.05) is 0 Å². The first-order valence-corrected chi connectivity index (χ1v) is 10.1. The standard InChI is InChI=1S/C22H16ClF3N2O2S/c23-15-3-1-2-4-16(15)28-17(12-20(27)22(24,25)26)19-10-9-18(31-19)14-7-5-13(6-8-14)11-21(29)30/h1-10,12H,11,27H2,(H,29,30)/b20-12-,28-17?. The zero-order valence-corrected chi connectivity index (χ0v) is 17.4. The molecule has 0 aliphatic rings. The highest BCUT2D eigenvalue weighted by Crippen LogP contribution is 2.32. The van der Waals surface area contributed by atoms with E-state index >= 15 is 0 Å². The number of allylic oxidation sites excluding steroid dienone is 2. The first kappa shape index (κ1) is 22.6. The normalized spacial score (nSPS) is 12.8. The number of halogens is 4. The van der Waals surface area contributed by atoms with E-state index in [9.17, 15) is 18.0 Å². The molecule has 31 heavy (non-hydrogen) atoms. The second-order valence-corrected chi connectivity index (χ2v) is 7.97. The number of thiophene rings is 1. The van der Waals surface area contributed by atoms with E-state index in [-0.39, 0.29) is 12.1 Å². The molecule has 0 fully saturated rings. The summed E-state index contributed by atoms with van der Waals surface area (Å²) in [6, 6.07) is 16.9. The second kappa shape index (κ2) is 9.36. The minimum absolute atomic E-state index is 0.0293. The third kappa shape index (κ3) is 5.96. The lowest BCUT2D eigenvalue weighted by Crippen LogP contribution is -2.20. The maximum atomic E-state index is 13.0. The van der Waals surface area contributed by atoms with Crippen molar-refractivity contribution in [3.63, 3.8) is 0 Å². The quantitative estimate of drug-likeness (QED) is 0.425. The molecule has 0 aliphatic carbocycles. The van der Waals surface area contributed by atoms with Gasteiger partial charge >= 0.3 is 12.1 Å². The van der Waals surface area contributed by atoms with Gasteiger partial charge in [0.15, 0.2) is 0 Å². The van der Waals surface area contributed by atoms with Crippen LogP contribution in [-0.4, -0.2) is 23.0 Å². The number of alkyl halides is 3. The molecule has 160 valence electrons. The largest absolute Gasteiger partial charge is 0.481 e. The van der Waals surface area contributed by atoms with E-state index in [0.29, 0.717) is 21.2 Å². The van der Waals surface area contributed by atoms with Gasteiger partial charge in [-0.05, 0) is 41.5 Å². The van der Waals surface area contributed by atoms with Gasteiger partial charge in [0, 0.05) is 4.88 Å². The molecule has 3 aromatic rings. The zero-order chi connectivity index (χ0) is 22.6. The first-order valence-electron chi connectivity index (χ1n) is 8.92. The molecule has 3 rings (SSSR count). The number of benzene rings is 2. The van der Waals surface area contributed by atoms with Crippen molar-refractivity contribution in [1.29, 1.82) is 0 Å². The molecule has 0 saturated heterocycles. The maximum Gasteiger partial charge on any atom is 0.430 e. The van der Waals surface area contributed by atoms with E-state index in [1.165, 1.54) is 11.3 Å². The molecule has 0 amide bonds. The van der Waals surface area contributed by atoms with Gasteiger partial charge in [0.25, 0.3) is 0 Å². The van der Waals surface area contributed by atoms with Gasteiger partial charge in [0.1, 0.15) is 5.70 Å². The molecule has 1 aromatic heterocycles. The summed E-state index contributed by atoms with van der Waals surface area (Å²) in [5.41, 5.74) is 5.76. The number of rotatable bonds is 6. The molecular formula is C22H16ClF3N2O2S. The Morgan fingerprint density at radius 2 is 1.77 bits per heavy atom. The van der Waals surface area contributed by atoms with Crippen LogP contribution in [0.3, 0.4) is 0 Å². The number of aliphatic carboxylic acids is 1. The number of hydrogen-bond donors (Lipinski definition) is 2. The van der Waals surface area contributed by atoms with E-state index < -0.39 is 17.8 Å². The summed E-state index contributed by atoms with van der Waals surface area (Å²) in [6.07, 6.45) is -4.00. The second-order valence-electron chi connectivity index (χ2n) is 6.48. The Hall–Kier alpha value is -3.10. The highest BCUT2D eigenvalue weighted by atomic mass is 35.5. The van der Waals surface area contributed by atoms with Crippen LogP contribution in [-0.2, 0) is 11.2 Å². The fraction of sp³-hybridized carbons (Fsp3) is 0.0909. The smallest absolute Gasteiger partial charge is 0.430 e. The van der Waals surface area contributed by atoms with Gasteiger partial charge in [-0.1, -0.05) is 48.0 Å². The summed E-state index contributed by atoms with van der Waals surface area (Å²) in [4.78, 5) is 16.4. The van der Waals surface area contributed by atoms with Gasteiger partial charge in [-0.2, -0.15) is 13.2 Å². The summed E-state index contributed by atoms with van der Waals surface area (Å²) < 4.78 is 39.1. The highest BCUT2D eigenvalue weighted by molar-refractivity contribution is 7.17. The molecule has 9 heteroatoms. The Kier molecular flexibility index (Phi) is 6.82. The predicted molar refractivity (Wildman–Crippen MR) is 117 cm³/mol. The van der Waals surface area contributed by atoms with Crippen molar-refractivity contribution in [2.45, 2.75) is 12.6 Å². The average molecular weight is 465 g/mol. The van der Waals surface area contributed by atoms with E-state index in [1.54, 1.807) is 60.7 Å². The van der Waals surface area contributed by atoms with E-state index in [0.717, 1.165) is 16.5 Å². The van der Waals surface area contributed by atoms with Gasteiger partial charge in [-0.15, -0.1) is 11.3 Å². The third-order valence-electron chi connectivity index (χ3n) is 4.17. The molecular weight excluding hydrogens is 449 g/mol. The van der Waals surface area contributed by atoms with Crippen molar-refractivity contribution in [2.24, 2.45) is 10.7 Å². The third-order valence-corrected chi connectivity index (χ3v) is 5.64. The molecule has 0 spiro atoms. The summed E-state index contributed by atoms with van der Waals surface area (Å²) in [5, 5.41) is 9.17. The van der Waals surface area contributed by atoms with Crippen molar-refractivity contribution in [3.05, 3.63) is 87.9 Å². The van der Waals surface area contributed by atoms with Gasteiger partial charge in [0.2, 0.25) is 0 Å². The van der Waals surface area contributed by atoms with Crippen molar-refractivity contribution in [3.8, 4) is 10.4 Å². The Balaban J connectivity index is 2.00. The van der Waals surface area contributed by atoms with Crippen molar-refractivity contribution in [1.82, 2.24) is 0 Å².